The Morgan fingerprint density at radius 1 is 0.638 bits per heavy atom. The number of fused-ring (bicyclic) bond motifs is 4. The summed E-state index contributed by atoms with van der Waals surface area (Å²) in [5.41, 5.74) is 14.6. The van der Waals surface area contributed by atoms with Gasteiger partial charge in [-0.1, -0.05) is 93.6 Å². The lowest BCUT2D eigenvalue weighted by Gasteiger charge is -2.25. The molecule has 0 spiro atoms. The van der Waals surface area contributed by atoms with E-state index < -0.39 is 0 Å². The molecule has 5 aromatic carbocycles. The average molecular weight is 612 g/mol. The molecule has 0 saturated heterocycles. The average Bonchev–Trinajstić information content (AvgIpc) is 3.64. The lowest BCUT2D eigenvalue weighted by atomic mass is 9.83. The summed E-state index contributed by atoms with van der Waals surface area (Å²) in [7, 11) is 0. The molecule has 230 valence electrons. The van der Waals surface area contributed by atoms with Crippen LogP contribution < -0.4 is 0 Å². The molecule has 4 heteroatoms. The molecule has 0 radical (unpaired) electrons. The molecular formula is C43H37N3O. The van der Waals surface area contributed by atoms with Gasteiger partial charge in [0.05, 0.1) is 28.0 Å². The SMILES string of the molecule is Cc1cccc(C)c1-c1ccc2c(n1)oc1c(-c3nc4ccccc4n3-c3ccc(-c4ccccc4)cc3C(C)(C)C)ccc(C)c12. The Morgan fingerprint density at radius 3 is 2.15 bits per heavy atom. The van der Waals surface area contributed by atoms with E-state index >= 15 is 0 Å². The number of hydrogen-bond donors (Lipinski definition) is 0. The van der Waals surface area contributed by atoms with Crippen molar-refractivity contribution in [1.29, 1.82) is 0 Å². The van der Waals surface area contributed by atoms with Crippen LogP contribution in [0.1, 0.15) is 43.0 Å². The molecule has 47 heavy (non-hydrogen) atoms. The van der Waals surface area contributed by atoms with E-state index in [-0.39, 0.29) is 5.41 Å². The van der Waals surface area contributed by atoms with Crippen molar-refractivity contribution >= 4 is 33.1 Å². The smallest absolute Gasteiger partial charge is 0.227 e. The van der Waals surface area contributed by atoms with Crippen molar-refractivity contribution in [2.75, 3.05) is 0 Å². The van der Waals surface area contributed by atoms with Crippen molar-refractivity contribution in [2.24, 2.45) is 0 Å². The maximum absolute atomic E-state index is 6.76. The third kappa shape index (κ3) is 4.75. The normalized spacial score (nSPS) is 12.0. The third-order valence-corrected chi connectivity index (χ3v) is 9.39. The number of pyridine rings is 1. The van der Waals surface area contributed by atoms with Crippen LogP contribution in [0, 0.1) is 20.8 Å². The fourth-order valence-corrected chi connectivity index (χ4v) is 7.05. The predicted octanol–water partition coefficient (Wildman–Crippen LogP) is 11.5. The summed E-state index contributed by atoms with van der Waals surface area (Å²) >= 11 is 0. The van der Waals surface area contributed by atoms with Crippen LogP contribution in [0.25, 0.3) is 72.6 Å². The fraction of sp³-hybridized carbons (Fsp3) is 0.163. The molecule has 0 saturated carbocycles. The van der Waals surface area contributed by atoms with Gasteiger partial charge in [0, 0.05) is 16.3 Å². The molecule has 0 aliphatic heterocycles. The van der Waals surface area contributed by atoms with Crippen molar-refractivity contribution in [3.63, 3.8) is 0 Å². The van der Waals surface area contributed by atoms with Crippen LogP contribution in [0.2, 0.25) is 0 Å². The summed E-state index contributed by atoms with van der Waals surface area (Å²) < 4.78 is 9.07. The minimum absolute atomic E-state index is 0.126. The first-order chi connectivity index (χ1) is 22.7. The number of imidazole rings is 1. The number of nitrogens with zero attached hydrogens (tertiary/aromatic N) is 3. The Hall–Kier alpha value is -5.48. The molecule has 0 amide bonds. The zero-order valence-corrected chi connectivity index (χ0v) is 27.7. The molecule has 0 bridgehead atoms. The van der Waals surface area contributed by atoms with E-state index in [9.17, 15) is 0 Å². The Kier molecular flexibility index (Phi) is 6.66. The van der Waals surface area contributed by atoms with E-state index in [0.717, 1.165) is 61.3 Å². The van der Waals surface area contributed by atoms with E-state index in [1.54, 1.807) is 0 Å². The molecule has 4 nitrogen and oxygen atoms in total. The summed E-state index contributed by atoms with van der Waals surface area (Å²) in [6, 6.07) is 40.8. The van der Waals surface area contributed by atoms with Crippen LogP contribution in [-0.4, -0.2) is 14.5 Å². The molecule has 0 fully saturated rings. The van der Waals surface area contributed by atoms with Crippen LogP contribution in [-0.2, 0) is 5.41 Å². The number of aryl methyl sites for hydroxylation is 3. The first-order valence-corrected chi connectivity index (χ1v) is 16.3. The van der Waals surface area contributed by atoms with Gasteiger partial charge in [-0.25, -0.2) is 9.97 Å². The lowest BCUT2D eigenvalue weighted by molar-refractivity contribution is 0.587. The second-order valence-electron chi connectivity index (χ2n) is 13.7. The summed E-state index contributed by atoms with van der Waals surface area (Å²) in [4.78, 5) is 10.4. The molecule has 3 aromatic heterocycles. The second-order valence-corrected chi connectivity index (χ2v) is 13.7. The highest BCUT2D eigenvalue weighted by atomic mass is 16.3. The number of rotatable bonds is 4. The maximum Gasteiger partial charge on any atom is 0.227 e. The summed E-state index contributed by atoms with van der Waals surface area (Å²) in [6.07, 6.45) is 0. The van der Waals surface area contributed by atoms with E-state index in [1.807, 2.05) is 0 Å². The summed E-state index contributed by atoms with van der Waals surface area (Å²) in [5, 5.41) is 2.09. The molecule has 0 N–H and O–H groups in total. The number of aromatic nitrogens is 3. The first-order valence-electron chi connectivity index (χ1n) is 16.3. The van der Waals surface area contributed by atoms with Crippen LogP contribution >= 0.6 is 0 Å². The first kappa shape index (κ1) is 29.0. The lowest BCUT2D eigenvalue weighted by Crippen LogP contribution is -2.16. The quantitative estimate of drug-likeness (QED) is 0.199. The molecule has 0 aliphatic rings. The van der Waals surface area contributed by atoms with Gasteiger partial charge in [0.25, 0.3) is 0 Å². The zero-order chi connectivity index (χ0) is 32.4. The van der Waals surface area contributed by atoms with Crippen molar-refractivity contribution in [1.82, 2.24) is 14.5 Å². The number of benzene rings is 5. The largest absolute Gasteiger partial charge is 0.437 e. The second kappa shape index (κ2) is 10.8. The molecular weight excluding hydrogens is 574 g/mol. The fourth-order valence-electron chi connectivity index (χ4n) is 7.05. The van der Waals surface area contributed by atoms with Gasteiger partial charge in [0.2, 0.25) is 5.71 Å². The molecule has 0 aliphatic carbocycles. The van der Waals surface area contributed by atoms with Gasteiger partial charge in [-0.05, 0) is 102 Å². The monoisotopic (exact) mass is 611 g/mol. The van der Waals surface area contributed by atoms with E-state index in [4.69, 9.17) is 14.4 Å². The summed E-state index contributed by atoms with van der Waals surface area (Å²) in [6.45, 7) is 13.3. The van der Waals surface area contributed by atoms with Crippen molar-refractivity contribution in [3.8, 4) is 39.5 Å². The highest BCUT2D eigenvalue weighted by Crippen LogP contribution is 2.42. The predicted molar refractivity (Wildman–Crippen MR) is 195 cm³/mol. The van der Waals surface area contributed by atoms with Gasteiger partial charge >= 0.3 is 0 Å². The highest BCUT2D eigenvalue weighted by molar-refractivity contribution is 6.10. The Balaban J connectivity index is 1.39. The van der Waals surface area contributed by atoms with Gasteiger partial charge in [-0.3, -0.25) is 4.57 Å². The maximum atomic E-state index is 6.76. The van der Waals surface area contributed by atoms with Crippen molar-refractivity contribution in [2.45, 2.75) is 47.0 Å². The minimum atomic E-state index is -0.126. The van der Waals surface area contributed by atoms with Gasteiger partial charge in [0.1, 0.15) is 11.4 Å². The van der Waals surface area contributed by atoms with E-state index in [2.05, 4.69) is 161 Å². The van der Waals surface area contributed by atoms with Gasteiger partial charge in [-0.2, -0.15) is 0 Å². The highest BCUT2D eigenvalue weighted by Gasteiger charge is 2.26. The number of hydrogen-bond acceptors (Lipinski definition) is 3. The molecule has 8 aromatic rings. The number of para-hydroxylation sites is 2. The molecule has 0 atom stereocenters. The topological polar surface area (TPSA) is 43.9 Å². The third-order valence-electron chi connectivity index (χ3n) is 9.39. The van der Waals surface area contributed by atoms with E-state index in [0.29, 0.717) is 5.71 Å². The van der Waals surface area contributed by atoms with Crippen LogP contribution in [0.3, 0.4) is 0 Å². The Bertz CT molecular complexity index is 2450. The Labute approximate surface area is 275 Å². The van der Waals surface area contributed by atoms with Crippen LogP contribution in [0.15, 0.2) is 120 Å². The molecule has 8 rings (SSSR count). The molecule has 0 unspecified atom stereocenters. The standard InChI is InChI=1S/C43H37N3O/c1-26-13-12-14-27(2)38(26)35-23-22-31-39-28(3)19-21-32(40(39)47-42(31)45-35)41-44-34-17-10-11-18-37(34)46(41)36-24-20-30(25-33(36)43(4,5)6)29-15-8-7-9-16-29/h7-25H,1-6H3. The van der Waals surface area contributed by atoms with Crippen molar-refractivity contribution < 1.29 is 4.42 Å². The van der Waals surface area contributed by atoms with Gasteiger partial charge in [0.15, 0.2) is 0 Å². The summed E-state index contributed by atoms with van der Waals surface area (Å²) in [5.74, 6) is 0.850. The zero-order valence-electron chi connectivity index (χ0n) is 27.7. The Morgan fingerprint density at radius 2 is 1.38 bits per heavy atom. The van der Waals surface area contributed by atoms with Crippen molar-refractivity contribution in [3.05, 3.63) is 138 Å². The molecule has 3 heterocycles. The number of furan rings is 1. The van der Waals surface area contributed by atoms with Gasteiger partial charge in [-0.15, -0.1) is 0 Å². The minimum Gasteiger partial charge on any atom is -0.437 e. The van der Waals surface area contributed by atoms with Crippen LogP contribution in [0.4, 0.5) is 0 Å². The van der Waals surface area contributed by atoms with Crippen LogP contribution in [0.5, 0.6) is 0 Å². The van der Waals surface area contributed by atoms with Gasteiger partial charge < -0.3 is 4.42 Å². The van der Waals surface area contributed by atoms with E-state index in [1.165, 1.54) is 27.8 Å².